The van der Waals surface area contributed by atoms with E-state index in [1.54, 1.807) is 12.1 Å². The number of aryl methyl sites for hydroxylation is 2. The van der Waals surface area contributed by atoms with E-state index in [4.69, 9.17) is 9.97 Å². The van der Waals surface area contributed by atoms with Crippen LogP contribution in [0, 0.1) is 5.82 Å². The lowest BCUT2D eigenvalue weighted by atomic mass is 10.0. The summed E-state index contributed by atoms with van der Waals surface area (Å²) in [6, 6.07) is 20.5. The van der Waals surface area contributed by atoms with Gasteiger partial charge in [-0.1, -0.05) is 43.0 Å². The minimum atomic E-state index is -0.297. The highest BCUT2D eigenvalue weighted by Gasteiger charge is 2.23. The molecule has 1 aliphatic heterocycles. The van der Waals surface area contributed by atoms with Crippen molar-refractivity contribution in [3.8, 4) is 11.4 Å². The maximum Gasteiger partial charge on any atom is 0.237 e. The van der Waals surface area contributed by atoms with Crippen molar-refractivity contribution in [2.75, 3.05) is 17.2 Å². The topological polar surface area (TPSA) is 46.1 Å². The van der Waals surface area contributed by atoms with Crippen LogP contribution in [-0.4, -0.2) is 28.2 Å². The lowest BCUT2D eigenvalue weighted by molar-refractivity contribution is -0.116. The monoisotopic (exact) mass is 457 g/mol. The third-order valence-electron chi connectivity index (χ3n) is 5.98. The summed E-state index contributed by atoms with van der Waals surface area (Å²) in [5.74, 6) is 0.604. The van der Waals surface area contributed by atoms with E-state index in [1.165, 1.54) is 35.0 Å². The van der Waals surface area contributed by atoms with Crippen molar-refractivity contribution in [1.82, 2.24) is 9.97 Å². The number of aromatic nitrogens is 2. The Morgan fingerprint density at radius 2 is 1.88 bits per heavy atom. The first kappa shape index (κ1) is 21.6. The third kappa shape index (κ3) is 4.48. The SMILES string of the molecule is CCc1ccc2nc(-c3ccc(F)cc3)nc(SCC(=O)N3CCCc4ccccc43)c2c1. The Hall–Kier alpha value is -3.25. The lowest BCUT2D eigenvalue weighted by Crippen LogP contribution is -2.36. The van der Waals surface area contributed by atoms with E-state index in [0.29, 0.717) is 11.6 Å². The van der Waals surface area contributed by atoms with E-state index in [1.807, 2.05) is 29.2 Å². The number of anilines is 1. The summed E-state index contributed by atoms with van der Waals surface area (Å²) in [5.41, 5.74) is 5.00. The highest BCUT2D eigenvalue weighted by molar-refractivity contribution is 8.00. The van der Waals surface area contributed by atoms with Crippen LogP contribution in [0.15, 0.2) is 71.8 Å². The number of hydrogen-bond donors (Lipinski definition) is 0. The van der Waals surface area contributed by atoms with Gasteiger partial charge < -0.3 is 4.90 Å². The number of hydrogen-bond acceptors (Lipinski definition) is 4. The summed E-state index contributed by atoms with van der Waals surface area (Å²) >= 11 is 1.44. The molecule has 0 fully saturated rings. The quantitative estimate of drug-likeness (QED) is 0.270. The largest absolute Gasteiger partial charge is 0.311 e. The summed E-state index contributed by atoms with van der Waals surface area (Å²) in [6.07, 6.45) is 2.88. The molecular formula is C27H24FN3OS. The van der Waals surface area contributed by atoms with Gasteiger partial charge in [0.05, 0.1) is 11.3 Å². The van der Waals surface area contributed by atoms with Gasteiger partial charge in [-0.15, -0.1) is 0 Å². The van der Waals surface area contributed by atoms with Crippen molar-refractivity contribution in [1.29, 1.82) is 0 Å². The molecule has 0 unspecified atom stereocenters. The molecule has 1 aliphatic rings. The van der Waals surface area contributed by atoms with E-state index in [2.05, 4.69) is 25.1 Å². The molecular weight excluding hydrogens is 433 g/mol. The fourth-order valence-electron chi connectivity index (χ4n) is 4.21. The first-order valence-corrected chi connectivity index (χ1v) is 12.2. The lowest BCUT2D eigenvalue weighted by Gasteiger charge is -2.29. The maximum absolute atomic E-state index is 13.4. The third-order valence-corrected chi connectivity index (χ3v) is 6.96. The van der Waals surface area contributed by atoms with Crippen LogP contribution < -0.4 is 4.90 Å². The van der Waals surface area contributed by atoms with Crippen LogP contribution in [0.5, 0.6) is 0 Å². The number of carbonyl (C=O) groups excluding carboxylic acids is 1. The maximum atomic E-state index is 13.4. The molecule has 5 rings (SSSR count). The zero-order chi connectivity index (χ0) is 22.8. The fraction of sp³-hybridized carbons (Fsp3) is 0.222. The second-order valence-corrected chi connectivity index (χ2v) is 9.09. The van der Waals surface area contributed by atoms with Crippen LogP contribution in [0.3, 0.4) is 0 Å². The van der Waals surface area contributed by atoms with Crippen molar-refractivity contribution >= 4 is 34.3 Å². The molecule has 6 heteroatoms. The van der Waals surface area contributed by atoms with E-state index in [0.717, 1.165) is 53.0 Å². The fourth-order valence-corrected chi connectivity index (χ4v) is 5.09. The summed E-state index contributed by atoms with van der Waals surface area (Å²) < 4.78 is 13.4. The second-order valence-electron chi connectivity index (χ2n) is 8.13. The predicted octanol–water partition coefficient (Wildman–Crippen LogP) is 6.07. The molecule has 0 atom stereocenters. The van der Waals surface area contributed by atoms with Crippen LogP contribution in [0.1, 0.15) is 24.5 Å². The second kappa shape index (κ2) is 9.32. The number of fused-ring (bicyclic) bond motifs is 2. The Kier molecular flexibility index (Phi) is 6.09. The number of nitrogens with zero attached hydrogens (tertiary/aromatic N) is 3. The highest BCUT2D eigenvalue weighted by atomic mass is 32.2. The standard InChI is InChI=1S/C27H24FN3OS/c1-2-18-9-14-23-22(16-18)27(30-26(29-23)20-10-12-21(28)13-11-20)33-17-25(32)31-15-5-7-19-6-3-4-8-24(19)31/h3-4,6,8-14,16H,2,5,7,15,17H2,1H3. The van der Waals surface area contributed by atoms with Gasteiger partial charge in [0.1, 0.15) is 10.8 Å². The molecule has 1 amide bonds. The zero-order valence-electron chi connectivity index (χ0n) is 18.4. The average molecular weight is 458 g/mol. The van der Waals surface area contributed by atoms with Gasteiger partial charge in [0, 0.05) is 23.2 Å². The van der Waals surface area contributed by atoms with Crippen molar-refractivity contribution in [3.05, 3.63) is 83.7 Å². The zero-order valence-corrected chi connectivity index (χ0v) is 19.2. The number of para-hydroxylation sites is 1. The van der Waals surface area contributed by atoms with Crippen LogP contribution in [-0.2, 0) is 17.6 Å². The Balaban J connectivity index is 1.47. The number of rotatable bonds is 5. The van der Waals surface area contributed by atoms with E-state index in [-0.39, 0.29) is 11.7 Å². The van der Waals surface area contributed by atoms with Gasteiger partial charge in [-0.3, -0.25) is 4.79 Å². The minimum absolute atomic E-state index is 0.0777. The van der Waals surface area contributed by atoms with E-state index < -0.39 is 0 Å². The number of amides is 1. The molecule has 0 radical (unpaired) electrons. The van der Waals surface area contributed by atoms with Gasteiger partial charge in [-0.2, -0.15) is 0 Å². The first-order chi connectivity index (χ1) is 16.1. The van der Waals surface area contributed by atoms with Crippen LogP contribution in [0.2, 0.25) is 0 Å². The van der Waals surface area contributed by atoms with Gasteiger partial charge in [0.2, 0.25) is 5.91 Å². The van der Waals surface area contributed by atoms with Crippen molar-refractivity contribution in [2.45, 2.75) is 31.2 Å². The van der Waals surface area contributed by atoms with Gasteiger partial charge in [-0.25, -0.2) is 14.4 Å². The molecule has 3 aromatic carbocycles. The predicted molar refractivity (Wildman–Crippen MR) is 132 cm³/mol. The van der Waals surface area contributed by atoms with Crippen molar-refractivity contribution in [3.63, 3.8) is 0 Å². The molecule has 2 heterocycles. The summed E-state index contributed by atoms with van der Waals surface area (Å²) in [6.45, 7) is 2.85. The molecule has 1 aromatic heterocycles. The van der Waals surface area contributed by atoms with Crippen LogP contribution in [0.25, 0.3) is 22.3 Å². The molecule has 0 aliphatic carbocycles. The van der Waals surface area contributed by atoms with Crippen LogP contribution in [0.4, 0.5) is 10.1 Å². The Morgan fingerprint density at radius 3 is 2.70 bits per heavy atom. The van der Waals surface area contributed by atoms with Crippen molar-refractivity contribution < 1.29 is 9.18 Å². The summed E-state index contributed by atoms with van der Waals surface area (Å²) in [4.78, 5) is 24.6. The Labute approximate surface area is 196 Å². The number of halogens is 1. The van der Waals surface area contributed by atoms with Gasteiger partial charge in [-0.05, 0) is 72.9 Å². The summed E-state index contributed by atoms with van der Waals surface area (Å²) in [5, 5.41) is 1.71. The molecule has 0 bridgehead atoms. The van der Waals surface area contributed by atoms with Gasteiger partial charge in [0.15, 0.2) is 5.82 Å². The molecule has 0 saturated carbocycles. The molecule has 0 N–H and O–H groups in total. The normalized spacial score (nSPS) is 13.2. The minimum Gasteiger partial charge on any atom is -0.311 e. The molecule has 33 heavy (non-hydrogen) atoms. The Bertz CT molecular complexity index is 1320. The average Bonchev–Trinajstić information content (AvgIpc) is 2.86. The highest BCUT2D eigenvalue weighted by Crippen LogP contribution is 2.32. The van der Waals surface area contributed by atoms with Gasteiger partial charge in [0.25, 0.3) is 0 Å². The summed E-state index contributed by atoms with van der Waals surface area (Å²) in [7, 11) is 0. The van der Waals surface area contributed by atoms with E-state index in [9.17, 15) is 9.18 Å². The molecule has 166 valence electrons. The van der Waals surface area contributed by atoms with Crippen molar-refractivity contribution in [2.24, 2.45) is 0 Å². The molecule has 4 nitrogen and oxygen atoms in total. The smallest absolute Gasteiger partial charge is 0.237 e. The van der Waals surface area contributed by atoms with Crippen LogP contribution >= 0.6 is 11.8 Å². The first-order valence-electron chi connectivity index (χ1n) is 11.2. The molecule has 4 aromatic rings. The number of thioether (sulfide) groups is 1. The van der Waals surface area contributed by atoms with E-state index >= 15 is 0 Å². The molecule has 0 saturated heterocycles. The number of benzene rings is 3. The number of carbonyl (C=O) groups is 1. The molecule has 0 spiro atoms. The Morgan fingerprint density at radius 1 is 1.06 bits per heavy atom. The van der Waals surface area contributed by atoms with Gasteiger partial charge >= 0.3 is 0 Å².